The summed E-state index contributed by atoms with van der Waals surface area (Å²) in [4.78, 5) is 4.60. The van der Waals surface area contributed by atoms with Crippen LogP contribution in [-0.2, 0) is 0 Å². The van der Waals surface area contributed by atoms with Crippen molar-refractivity contribution in [1.29, 1.82) is 0 Å². The molecule has 3 nitrogen and oxygen atoms in total. The van der Waals surface area contributed by atoms with Crippen LogP contribution in [0.3, 0.4) is 0 Å². The quantitative estimate of drug-likeness (QED) is 0.651. The molecule has 0 saturated heterocycles. The Morgan fingerprint density at radius 3 is 3.10 bits per heavy atom. The minimum atomic E-state index is 0.623. The number of halogens is 1. The molecule has 106 valence electrons. The number of benzene rings is 1. The zero-order chi connectivity index (χ0) is 14.4. The number of hydrogen-bond donors (Lipinski definition) is 1. The van der Waals surface area contributed by atoms with Crippen molar-refractivity contribution < 1.29 is 0 Å². The summed E-state index contributed by atoms with van der Waals surface area (Å²) in [5.41, 5.74) is 6.48. The number of nitrogens with one attached hydrogen (secondary N) is 1. The maximum absolute atomic E-state index is 6.04. The van der Waals surface area contributed by atoms with Gasteiger partial charge in [-0.25, -0.2) is 4.98 Å². The first-order valence-corrected chi connectivity index (χ1v) is 7.64. The van der Waals surface area contributed by atoms with Crippen LogP contribution < -0.4 is 5.43 Å². The number of nitrogens with zero attached hydrogens (tertiary/aromatic N) is 2. The van der Waals surface area contributed by atoms with Crippen LogP contribution in [0.2, 0.25) is 5.02 Å². The molecule has 1 saturated carbocycles. The second-order valence-corrected chi connectivity index (χ2v) is 6.28. The maximum Gasteiger partial charge on any atom is 0.147 e. The molecule has 1 aromatic carbocycles. The third-order valence-corrected chi connectivity index (χ3v) is 4.69. The Labute approximate surface area is 128 Å². The van der Waals surface area contributed by atoms with Crippen molar-refractivity contribution in [1.82, 2.24) is 4.98 Å². The number of pyridine rings is 1. The summed E-state index contributed by atoms with van der Waals surface area (Å²) in [5, 5.41) is 6.37. The van der Waals surface area contributed by atoms with Gasteiger partial charge in [0.25, 0.3) is 0 Å². The van der Waals surface area contributed by atoms with Crippen LogP contribution in [0, 0.1) is 18.8 Å². The molecular weight excluding hydrogens is 282 g/mol. The monoisotopic (exact) mass is 297 g/mol. The normalized spacial score (nSPS) is 25.1. The van der Waals surface area contributed by atoms with E-state index >= 15 is 0 Å². The van der Waals surface area contributed by atoms with E-state index < -0.39 is 0 Å². The van der Waals surface area contributed by atoms with Gasteiger partial charge in [-0.3, -0.25) is 5.43 Å². The first-order valence-electron chi connectivity index (χ1n) is 7.27. The standard InChI is InChI=1S/C17H16ClN3/c1-10-7-17(19-15-6-5-12(18)9-14(10)15)21-20-16-8-11-3-2-4-13(11)16/h2-3,5-7,9,11,13H,4,8H2,1H3,(H,19,21)/b20-16+/t11-,13-/m0/s1. The van der Waals surface area contributed by atoms with Gasteiger partial charge < -0.3 is 0 Å². The lowest BCUT2D eigenvalue weighted by Gasteiger charge is -2.31. The van der Waals surface area contributed by atoms with Crippen molar-refractivity contribution >= 4 is 34.0 Å². The smallest absolute Gasteiger partial charge is 0.147 e. The van der Waals surface area contributed by atoms with E-state index in [-0.39, 0.29) is 0 Å². The Bertz CT molecular complexity index is 779. The van der Waals surface area contributed by atoms with E-state index in [9.17, 15) is 0 Å². The third kappa shape index (κ3) is 2.22. The number of rotatable bonds is 2. The fourth-order valence-corrected chi connectivity index (χ4v) is 3.39. The van der Waals surface area contributed by atoms with Crippen LogP contribution in [0.25, 0.3) is 10.9 Å². The van der Waals surface area contributed by atoms with Crippen molar-refractivity contribution in [2.45, 2.75) is 19.8 Å². The summed E-state index contributed by atoms with van der Waals surface area (Å²) in [5.74, 6) is 2.14. The van der Waals surface area contributed by atoms with E-state index in [4.69, 9.17) is 11.6 Å². The summed E-state index contributed by atoms with van der Waals surface area (Å²) < 4.78 is 0. The van der Waals surface area contributed by atoms with Gasteiger partial charge in [0.15, 0.2) is 0 Å². The van der Waals surface area contributed by atoms with Gasteiger partial charge >= 0.3 is 0 Å². The molecule has 1 aromatic heterocycles. The summed E-state index contributed by atoms with van der Waals surface area (Å²) in [7, 11) is 0. The van der Waals surface area contributed by atoms with Crippen molar-refractivity contribution in [2.75, 3.05) is 5.43 Å². The average molecular weight is 298 g/mol. The highest BCUT2D eigenvalue weighted by Gasteiger charge is 2.37. The van der Waals surface area contributed by atoms with Crippen LogP contribution in [0.5, 0.6) is 0 Å². The lowest BCUT2D eigenvalue weighted by molar-refractivity contribution is 0.466. The molecule has 1 N–H and O–H groups in total. The van der Waals surface area contributed by atoms with Crippen molar-refractivity contribution in [3.05, 3.63) is 47.0 Å². The van der Waals surface area contributed by atoms with Crippen LogP contribution in [0.1, 0.15) is 18.4 Å². The first kappa shape index (κ1) is 12.8. The van der Waals surface area contributed by atoms with Crippen molar-refractivity contribution in [3.63, 3.8) is 0 Å². The molecule has 0 bridgehead atoms. The first-order chi connectivity index (χ1) is 10.2. The Hall–Kier alpha value is -1.87. The summed E-state index contributed by atoms with van der Waals surface area (Å²) in [6.07, 6.45) is 6.79. The fourth-order valence-electron chi connectivity index (χ4n) is 3.22. The number of aryl methyl sites for hydroxylation is 1. The molecule has 21 heavy (non-hydrogen) atoms. The molecule has 2 aliphatic rings. The highest BCUT2D eigenvalue weighted by molar-refractivity contribution is 6.31. The molecule has 2 aliphatic carbocycles. The van der Waals surface area contributed by atoms with Gasteiger partial charge in [-0.1, -0.05) is 23.8 Å². The molecule has 1 heterocycles. The lowest BCUT2D eigenvalue weighted by Crippen LogP contribution is -2.33. The van der Waals surface area contributed by atoms with E-state index in [0.29, 0.717) is 5.92 Å². The van der Waals surface area contributed by atoms with E-state index in [0.717, 1.165) is 46.1 Å². The topological polar surface area (TPSA) is 37.3 Å². The van der Waals surface area contributed by atoms with Gasteiger partial charge in [-0.05, 0) is 55.5 Å². The van der Waals surface area contributed by atoms with Crippen LogP contribution in [0.15, 0.2) is 41.5 Å². The largest absolute Gasteiger partial charge is 0.261 e. The number of anilines is 1. The molecule has 4 rings (SSSR count). The molecule has 0 aliphatic heterocycles. The zero-order valence-electron chi connectivity index (χ0n) is 11.8. The fraction of sp³-hybridized carbons (Fsp3) is 0.294. The van der Waals surface area contributed by atoms with Gasteiger partial charge in [0.1, 0.15) is 5.82 Å². The molecule has 0 radical (unpaired) electrons. The summed E-state index contributed by atoms with van der Waals surface area (Å²) in [6.45, 7) is 2.07. The SMILES string of the molecule is Cc1cc(N/N=C2\C[C@@H]3C=CC[C@H]23)nc2ccc(Cl)cc12. The van der Waals surface area contributed by atoms with Crippen LogP contribution in [0.4, 0.5) is 5.82 Å². The number of aromatic nitrogens is 1. The molecule has 2 atom stereocenters. The van der Waals surface area contributed by atoms with E-state index in [1.165, 1.54) is 5.71 Å². The van der Waals surface area contributed by atoms with Crippen LogP contribution in [-0.4, -0.2) is 10.7 Å². The van der Waals surface area contributed by atoms with E-state index in [1.54, 1.807) is 0 Å². The average Bonchev–Trinajstić information content (AvgIpc) is 2.81. The van der Waals surface area contributed by atoms with Gasteiger partial charge in [0.05, 0.1) is 5.52 Å². The maximum atomic E-state index is 6.04. The third-order valence-electron chi connectivity index (χ3n) is 4.45. The predicted octanol–water partition coefficient (Wildman–Crippen LogP) is 4.56. The molecule has 1 fully saturated rings. The number of hydrazone groups is 1. The Balaban J connectivity index is 1.60. The second-order valence-electron chi connectivity index (χ2n) is 5.84. The van der Waals surface area contributed by atoms with Crippen LogP contribution >= 0.6 is 11.6 Å². The zero-order valence-corrected chi connectivity index (χ0v) is 12.6. The molecule has 0 amide bonds. The summed E-state index contributed by atoms with van der Waals surface area (Å²) >= 11 is 6.04. The molecular formula is C17H16ClN3. The van der Waals surface area contributed by atoms with Crippen molar-refractivity contribution in [3.8, 4) is 0 Å². The lowest BCUT2D eigenvalue weighted by atomic mass is 9.74. The summed E-state index contributed by atoms with van der Waals surface area (Å²) in [6, 6.07) is 7.79. The minimum absolute atomic E-state index is 0.623. The molecule has 0 unspecified atom stereocenters. The Morgan fingerprint density at radius 2 is 2.24 bits per heavy atom. The van der Waals surface area contributed by atoms with Gasteiger partial charge in [-0.2, -0.15) is 5.10 Å². The molecule has 2 aromatic rings. The predicted molar refractivity (Wildman–Crippen MR) is 87.9 cm³/mol. The van der Waals surface area contributed by atoms with Crippen molar-refractivity contribution in [2.24, 2.45) is 16.9 Å². The number of allylic oxidation sites excluding steroid dienone is 2. The highest BCUT2D eigenvalue weighted by atomic mass is 35.5. The molecule has 0 spiro atoms. The van der Waals surface area contributed by atoms with Gasteiger partial charge in [0.2, 0.25) is 0 Å². The minimum Gasteiger partial charge on any atom is -0.261 e. The second kappa shape index (κ2) is 4.85. The Kier molecular flexibility index (Phi) is 2.96. The van der Waals surface area contributed by atoms with E-state index in [2.05, 4.69) is 34.6 Å². The Morgan fingerprint density at radius 1 is 1.33 bits per heavy atom. The number of hydrogen-bond acceptors (Lipinski definition) is 3. The molecule has 4 heteroatoms. The van der Waals surface area contributed by atoms with Gasteiger partial charge in [-0.15, -0.1) is 0 Å². The highest BCUT2D eigenvalue weighted by Crippen LogP contribution is 2.40. The number of fused-ring (bicyclic) bond motifs is 2. The van der Waals surface area contributed by atoms with Gasteiger partial charge in [0, 0.05) is 22.0 Å². The van der Waals surface area contributed by atoms with E-state index in [1.807, 2.05) is 24.3 Å².